The van der Waals surface area contributed by atoms with E-state index in [1.165, 1.54) is 16.8 Å². The number of aryl methyl sites for hydroxylation is 4. The van der Waals surface area contributed by atoms with Crippen molar-refractivity contribution in [1.29, 1.82) is 0 Å². The maximum absolute atomic E-state index is 4.32. The second kappa shape index (κ2) is 6.22. The fraction of sp³-hybridized carbons (Fsp3) is 0.400. The predicted octanol–water partition coefficient (Wildman–Crippen LogP) is 3.29. The molecule has 21 heavy (non-hydrogen) atoms. The zero-order chi connectivity index (χ0) is 15.6. The molecule has 0 fully saturated rings. The van der Waals surface area contributed by atoms with E-state index in [9.17, 15) is 0 Å². The van der Waals surface area contributed by atoms with E-state index in [4.69, 9.17) is 0 Å². The first-order valence-corrected chi connectivity index (χ1v) is 7.67. The minimum Gasteiger partial charge on any atom is -0.272 e. The lowest BCUT2D eigenvalue weighted by Crippen LogP contribution is -1.92. The quantitative estimate of drug-likeness (QED) is 0.693. The van der Waals surface area contributed by atoms with Crippen LogP contribution in [0.4, 0.5) is 0 Å². The summed E-state index contributed by atoms with van der Waals surface area (Å²) in [5, 5.41) is 11.4. The lowest BCUT2D eigenvalue weighted by molar-refractivity contribution is 0.730. The zero-order valence-electron chi connectivity index (χ0n) is 13.4. The molecule has 0 spiro atoms. The van der Waals surface area contributed by atoms with E-state index in [2.05, 4.69) is 29.0 Å². The molecule has 0 radical (unpaired) electrons. The van der Waals surface area contributed by atoms with Crippen molar-refractivity contribution in [3.8, 4) is 5.13 Å². The summed E-state index contributed by atoms with van der Waals surface area (Å²) in [6, 6.07) is 0. The van der Waals surface area contributed by atoms with Crippen LogP contribution in [-0.4, -0.2) is 24.5 Å². The highest BCUT2D eigenvalue weighted by atomic mass is 32.1. The molecule has 6 heteroatoms. The van der Waals surface area contributed by atoms with E-state index in [0.717, 1.165) is 16.5 Å². The molecule has 3 aromatic heterocycles. The monoisotopic (exact) mass is 303 g/mol. The first-order chi connectivity index (χ1) is 9.90. The van der Waals surface area contributed by atoms with Gasteiger partial charge < -0.3 is 0 Å². The van der Waals surface area contributed by atoms with Crippen molar-refractivity contribution >= 4 is 11.3 Å². The Morgan fingerprint density at radius 1 is 1.00 bits per heavy atom. The van der Waals surface area contributed by atoms with Gasteiger partial charge in [0, 0.05) is 30.5 Å². The third kappa shape index (κ3) is 3.39. The molecule has 0 N–H and O–H groups in total. The maximum atomic E-state index is 4.32. The molecule has 0 aliphatic rings. The molecule has 0 saturated carbocycles. The highest BCUT2D eigenvalue weighted by molar-refractivity contribution is 7.12. The number of rotatable bonds is 1. The average molecular weight is 303 g/mol. The van der Waals surface area contributed by atoms with Crippen LogP contribution >= 0.6 is 11.3 Å². The average Bonchev–Trinajstić information content (AvgIpc) is 3.12. The van der Waals surface area contributed by atoms with E-state index >= 15 is 0 Å². The van der Waals surface area contributed by atoms with Crippen LogP contribution in [0, 0.1) is 34.6 Å². The van der Waals surface area contributed by atoms with Gasteiger partial charge in [0.05, 0.1) is 11.4 Å². The van der Waals surface area contributed by atoms with Gasteiger partial charge in [0.2, 0.25) is 5.13 Å². The van der Waals surface area contributed by atoms with Crippen LogP contribution in [0.1, 0.15) is 28.2 Å². The lowest BCUT2D eigenvalue weighted by atomic mass is 10.2. The van der Waals surface area contributed by atoms with E-state index in [-0.39, 0.29) is 0 Å². The first-order valence-electron chi connectivity index (χ1n) is 6.79. The molecule has 0 aliphatic heterocycles. The Bertz CT molecular complexity index is 680. The van der Waals surface area contributed by atoms with Crippen molar-refractivity contribution in [2.45, 2.75) is 34.6 Å². The van der Waals surface area contributed by atoms with Crippen molar-refractivity contribution in [3.63, 3.8) is 0 Å². The molecule has 0 saturated heterocycles. The Morgan fingerprint density at radius 2 is 1.71 bits per heavy atom. The fourth-order valence-corrected chi connectivity index (χ4v) is 2.42. The van der Waals surface area contributed by atoms with Crippen LogP contribution in [0.15, 0.2) is 17.8 Å². The van der Waals surface area contributed by atoms with Crippen molar-refractivity contribution in [1.82, 2.24) is 24.5 Å². The second-order valence-electron chi connectivity index (χ2n) is 5.08. The van der Waals surface area contributed by atoms with Crippen molar-refractivity contribution < 1.29 is 0 Å². The van der Waals surface area contributed by atoms with Crippen molar-refractivity contribution in [3.05, 3.63) is 46.0 Å². The molecular formula is C15H21N5S. The van der Waals surface area contributed by atoms with Gasteiger partial charge in [-0.15, -0.1) is 11.3 Å². The van der Waals surface area contributed by atoms with E-state index < -0.39 is 0 Å². The summed E-state index contributed by atoms with van der Waals surface area (Å²) in [7, 11) is 1.97. The molecule has 5 nitrogen and oxygen atoms in total. The van der Waals surface area contributed by atoms with Gasteiger partial charge in [0.1, 0.15) is 0 Å². The largest absolute Gasteiger partial charge is 0.272 e. The van der Waals surface area contributed by atoms with Gasteiger partial charge in [-0.05, 0) is 45.7 Å². The number of hydrogen-bond acceptors (Lipinski definition) is 4. The molecule has 0 atom stereocenters. The molecule has 0 aromatic carbocycles. The zero-order valence-corrected chi connectivity index (χ0v) is 14.2. The SMILES string of the molecule is Cc1cn(-c2nccs2)nc1C.Cc1nn(C)c(C)c1C. The van der Waals surface area contributed by atoms with Crippen LogP contribution in [0.5, 0.6) is 0 Å². The normalized spacial score (nSPS) is 10.4. The summed E-state index contributed by atoms with van der Waals surface area (Å²) in [6.07, 6.45) is 3.78. The summed E-state index contributed by atoms with van der Waals surface area (Å²) in [4.78, 5) is 4.16. The van der Waals surface area contributed by atoms with Gasteiger partial charge in [0.15, 0.2) is 0 Å². The molecule has 0 bridgehead atoms. The minimum absolute atomic E-state index is 0.922. The van der Waals surface area contributed by atoms with Crippen LogP contribution < -0.4 is 0 Å². The van der Waals surface area contributed by atoms with Crippen molar-refractivity contribution in [2.75, 3.05) is 0 Å². The highest BCUT2D eigenvalue weighted by Crippen LogP contribution is 2.12. The fourth-order valence-electron chi connectivity index (χ4n) is 1.85. The van der Waals surface area contributed by atoms with Gasteiger partial charge >= 0.3 is 0 Å². The Labute approximate surface area is 129 Å². The number of aromatic nitrogens is 5. The molecule has 0 aliphatic carbocycles. The van der Waals surface area contributed by atoms with Crippen LogP contribution in [0.2, 0.25) is 0 Å². The third-order valence-corrected chi connectivity index (χ3v) is 4.39. The van der Waals surface area contributed by atoms with Crippen LogP contribution in [0.25, 0.3) is 5.13 Å². The topological polar surface area (TPSA) is 48.5 Å². The Kier molecular flexibility index (Phi) is 4.57. The van der Waals surface area contributed by atoms with Crippen LogP contribution in [0.3, 0.4) is 0 Å². The minimum atomic E-state index is 0.922. The molecule has 3 heterocycles. The smallest absolute Gasteiger partial charge is 0.210 e. The molecule has 3 rings (SSSR count). The lowest BCUT2D eigenvalue weighted by Gasteiger charge is -1.90. The summed E-state index contributed by atoms with van der Waals surface area (Å²) in [5.74, 6) is 0. The molecule has 0 unspecified atom stereocenters. The van der Waals surface area contributed by atoms with E-state index in [0.29, 0.717) is 0 Å². The highest BCUT2D eigenvalue weighted by Gasteiger charge is 2.03. The summed E-state index contributed by atoms with van der Waals surface area (Å²) in [6.45, 7) is 10.3. The predicted molar refractivity (Wildman–Crippen MR) is 86.1 cm³/mol. The number of nitrogens with zero attached hydrogens (tertiary/aromatic N) is 5. The van der Waals surface area contributed by atoms with Crippen molar-refractivity contribution in [2.24, 2.45) is 7.05 Å². The standard InChI is InChI=1S/C8H9N3S.C7H12N2/c1-6-5-11(10-7(6)2)8-9-3-4-12-8;1-5-6(2)8-9(4)7(5)3/h3-5H,1-2H3;1-4H3. The van der Waals surface area contributed by atoms with Gasteiger partial charge in [-0.3, -0.25) is 4.68 Å². The Morgan fingerprint density at radius 3 is 2.05 bits per heavy atom. The number of thiazole rings is 1. The van der Waals surface area contributed by atoms with E-state index in [1.54, 1.807) is 17.5 Å². The molecule has 112 valence electrons. The van der Waals surface area contributed by atoms with Gasteiger partial charge in [0.25, 0.3) is 0 Å². The van der Waals surface area contributed by atoms with Gasteiger partial charge in [-0.2, -0.15) is 10.2 Å². The summed E-state index contributed by atoms with van der Waals surface area (Å²) in [5.41, 5.74) is 5.95. The maximum Gasteiger partial charge on any atom is 0.210 e. The summed E-state index contributed by atoms with van der Waals surface area (Å²) < 4.78 is 3.72. The Hall–Kier alpha value is -1.95. The Balaban J connectivity index is 0.000000161. The van der Waals surface area contributed by atoms with E-state index in [1.807, 2.05) is 48.8 Å². The summed E-state index contributed by atoms with van der Waals surface area (Å²) >= 11 is 1.59. The number of hydrogen-bond donors (Lipinski definition) is 0. The van der Waals surface area contributed by atoms with Gasteiger partial charge in [-0.25, -0.2) is 9.67 Å². The van der Waals surface area contributed by atoms with Gasteiger partial charge in [-0.1, -0.05) is 0 Å². The molecular weight excluding hydrogens is 282 g/mol. The van der Waals surface area contributed by atoms with Crippen LogP contribution in [-0.2, 0) is 7.05 Å². The third-order valence-electron chi connectivity index (χ3n) is 3.63. The molecule has 3 aromatic rings. The first kappa shape index (κ1) is 15.4. The second-order valence-corrected chi connectivity index (χ2v) is 5.95. The molecule has 0 amide bonds.